The SMILES string of the molecule is COC(CNCC(=O)O[C@@H]1CC[C@]2(CO2)[C@@H]([C@@]2(C)O[C@@H]2CC=C(C)C)[C@@H]1OC)OC. The molecule has 2 aliphatic heterocycles. The third-order valence-electron chi connectivity index (χ3n) is 6.63. The van der Waals surface area contributed by atoms with Crippen molar-refractivity contribution < 1.29 is 33.2 Å². The van der Waals surface area contributed by atoms with E-state index in [9.17, 15) is 4.79 Å². The van der Waals surface area contributed by atoms with E-state index < -0.39 is 6.29 Å². The van der Waals surface area contributed by atoms with E-state index in [-0.39, 0.29) is 47.9 Å². The quantitative estimate of drug-likeness (QED) is 0.231. The Labute approximate surface area is 179 Å². The highest BCUT2D eigenvalue weighted by Crippen LogP contribution is 2.59. The number of ether oxygens (including phenoxy) is 6. The molecule has 0 aromatic rings. The van der Waals surface area contributed by atoms with Crippen LogP contribution in [0.15, 0.2) is 11.6 Å². The van der Waals surface area contributed by atoms with E-state index in [2.05, 4.69) is 32.2 Å². The van der Waals surface area contributed by atoms with Crippen LogP contribution in [0.1, 0.15) is 40.0 Å². The second kappa shape index (κ2) is 9.63. The van der Waals surface area contributed by atoms with Crippen molar-refractivity contribution in [2.75, 3.05) is 41.0 Å². The Kier molecular flexibility index (Phi) is 7.58. The van der Waals surface area contributed by atoms with Crippen LogP contribution in [-0.2, 0) is 33.2 Å². The number of allylic oxidation sites excluding steroid dienone is 1. The fourth-order valence-electron chi connectivity index (χ4n) is 4.84. The minimum absolute atomic E-state index is 0.0245. The Morgan fingerprint density at radius 1 is 1.27 bits per heavy atom. The van der Waals surface area contributed by atoms with Crippen LogP contribution in [0, 0.1) is 5.92 Å². The lowest BCUT2D eigenvalue weighted by molar-refractivity contribution is -0.171. The number of esters is 1. The molecule has 0 amide bonds. The molecule has 8 heteroatoms. The van der Waals surface area contributed by atoms with E-state index in [1.807, 2.05) is 0 Å². The minimum Gasteiger partial charge on any atom is -0.459 e. The molecule has 3 rings (SSSR count). The second-order valence-corrected chi connectivity index (χ2v) is 8.94. The Morgan fingerprint density at radius 3 is 2.53 bits per heavy atom. The highest BCUT2D eigenvalue weighted by Gasteiger charge is 2.72. The monoisotopic (exact) mass is 427 g/mol. The van der Waals surface area contributed by atoms with Gasteiger partial charge < -0.3 is 33.7 Å². The summed E-state index contributed by atoms with van der Waals surface area (Å²) in [4.78, 5) is 12.4. The average Bonchev–Trinajstić information content (AvgIpc) is 3.62. The summed E-state index contributed by atoms with van der Waals surface area (Å²) in [6, 6.07) is 0. The molecule has 3 aliphatic rings. The summed E-state index contributed by atoms with van der Waals surface area (Å²) in [6.07, 6.45) is 3.77. The first-order valence-electron chi connectivity index (χ1n) is 10.7. The van der Waals surface area contributed by atoms with E-state index in [1.165, 1.54) is 5.57 Å². The molecule has 0 bridgehead atoms. The molecule has 1 aliphatic carbocycles. The van der Waals surface area contributed by atoms with Crippen molar-refractivity contribution in [2.45, 2.75) is 75.8 Å². The van der Waals surface area contributed by atoms with Crippen LogP contribution >= 0.6 is 0 Å². The van der Waals surface area contributed by atoms with Gasteiger partial charge in [0.05, 0.1) is 25.2 Å². The molecule has 2 heterocycles. The van der Waals surface area contributed by atoms with Gasteiger partial charge in [-0.15, -0.1) is 0 Å². The van der Waals surface area contributed by atoms with Gasteiger partial charge in [-0.25, -0.2) is 0 Å². The van der Waals surface area contributed by atoms with Crippen molar-refractivity contribution in [1.82, 2.24) is 5.32 Å². The Balaban J connectivity index is 1.61. The summed E-state index contributed by atoms with van der Waals surface area (Å²) in [5, 5.41) is 3.01. The number of hydrogen-bond acceptors (Lipinski definition) is 8. The maximum absolute atomic E-state index is 12.4. The largest absolute Gasteiger partial charge is 0.459 e. The van der Waals surface area contributed by atoms with E-state index in [0.717, 1.165) is 12.8 Å². The fourth-order valence-corrected chi connectivity index (χ4v) is 4.84. The highest BCUT2D eigenvalue weighted by molar-refractivity contribution is 5.71. The van der Waals surface area contributed by atoms with E-state index in [1.54, 1.807) is 21.3 Å². The summed E-state index contributed by atoms with van der Waals surface area (Å²) in [5.74, 6) is -0.293. The number of carbonyl (C=O) groups excluding carboxylic acids is 1. The minimum atomic E-state index is -0.403. The molecular formula is C22H37NO7. The molecule has 0 radical (unpaired) electrons. The second-order valence-electron chi connectivity index (χ2n) is 8.94. The number of rotatable bonds is 11. The van der Waals surface area contributed by atoms with Gasteiger partial charge in [-0.1, -0.05) is 11.6 Å². The average molecular weight is 428 g/mol. The topological polar surface area (TPSA) is 91.1 Å². The molecule has 6 atom stereocenters. The summed E-state index contributed by atoms with van der Waals surface area (Å²) >= 11 is 0. The van der Waals surface area contributed by atoms with Crippen LogP contribution in [-0.4, -0.2) is 82.8 Å². The molecule has 1 N–H and O–H groups in total. The van der Waals surface area contributed by atoms with Crippen molar-refractivity contribution in [3.05, 3.63) is 11.6 Å². The smallest absolute Gasteiger partial charge is 0.320 e. The van der Waals surface area contributed by atoms with Crippen LogP contribution in [0.25, 0.3) is 0 Å². The van der Waals surface area contributed by atoms with Crippen LogP contribution in [0.3, 0.4) is 0 Å². The lowest BCUT2D eigenvalue weighted by Crippen LogP contribution is -2.56. The number of carbonyl (C=O) groups is 1. The lowest BCUT2D eigenvalue weighted by Gasteiger charge is -2.42. The molecule has 1 saturated carbocycles. The highest BCUT2D eigenvalue weighted by atomic mass is 16.7. The molecule has 0 unspecified atom stereocenters. The fraction of sp³-hybridized carbons (Fsp3) is 0.864. The summed E-state index contributed by atoms with van der Waals surface area (Å²) in [7, 11) is 4.79. The first kappa shape index (κ1) is 23.6. The van der Waals surface area contributed by atoms with Crippen LogP contribution < -0.4 is 5.32 Å². The number of epoxide rings is 2. The summed E-state index contributed by atoms with van der Waals surface area (Å²) in [6.45, 7) is 7.52. The lowest BCUT2D eigenvalue weighted by atomic mass is 9.68. The molecular weight excluding hydrogens is 390 g/mol. The normalized spacial score (nSPS) is 37.3. The third kappa shape index (κ3) is 5.06. The van der Waals surface area contributed by atoms with Gasteiger partial charge in [-0.05, 0) is 40.0 Å². The first-order valence-corrected chi connectivity index (χ1v) is 10.7. The van der Waals surface area contributed by atoms with Gasteiger partial charge in [0, 0.05) is 27.9 Å². The number of hydrogen-bond donors (Lipinski definition) is 1. The molecule has 3 fully saturated rings. The van der Waals surface area contributed by atoms with Gasteiger partial charge in [0.1, 0.15) is 23.4 Å². The van der Waals surface area contributed by atoms with Crippen LogP contribution in [0.2, 0.25) is 0 Å². The van der Waals surface area contributed by atoms with Gasteiger partial charge in [0.25, 0.3) is 0 Å². The molecule has 1 spiro atoms. The van der Waals surface area contributed by atoms with Gasteiger partial charge >= 0.3 is 5.97 Å². The van der Waals surface area contributed by atoms with Crippen molar-refractivity contribution in [2.24, 2.45) is 5.92 Å². The Morgan fingerprint density at radius 2 is 1.97 bits per heavy atom. The Hall–Kier alpha value is -1.03. The zero-order valence-electron chi connectivity index (χ0n) is 19.1. The predicted molar refractivity (Wildman–Crippen MR) is 110 cm³/mol. The van der Waals surface area contributed by atoms with Gasteiger partial charge in [0.2, 0.25) is 0 Å². The summed E-state index contributed by atoms with van der Waals surface area (Å²) in [5.41, 5.74) is 0.720. The van der Waals surface area contributed by atoms with E-state index in [4.69, 9.17) is 28.4 Å². The van der Waals surface area contributed by atoms with E-state index >= 15 is 0 Å². The van der Waals surface area contributed by atoms with Gasteiger partial charge in [-0.3, -0.25) is 4.79 Å². The standard InChI is InChI=1S/C22H37NO7/c1-14(2)7-8-16-21(3,30-16)20-19(27-6)15(9-10-22(20)13-28-22)29-17(24)11-23-12-18(25-4)26-5/h7,15-16,18-20,23H,8-13H2,1-6H3/t15-,16-,19-,20-,21+,22+/m1/s1. The first-order chi connectivity index (χ1) is 14.3. The van der Waals surface area contributed by atoms with Gasteiger partial charge in [0.15, 0.2) is 6.29 Å². The van der Waals surface area contributed by atoms with Crippen molar-refractivity contribution >= 4 is 5.97 Å². The maximum atomic E-state index is 12.4. The molecule has 2 saturated heterocycles. The zero-order chi connectivity index (χ0) is 21.9. The predicted octanol–water partition coefficient (Wildman–Crippen LogP) is 1.81. The van der Waals surface area contributed by atoms with Crippen LogP contribution in [0.5, 0.6) is 0 Å². The van der Waals surface area contributed by atoms with Crippen molar-refractivity contribution in [3.63, 3.8) is 0 Å². The zero-order valence-corrected chi connectivity index (χ0v) is 19.1. The molecule has 0 aromatic carbocycles. The van der Waals surface area contributed by atoms with Crippen molar-refractivity contribution in [1.29, 1.82) is 0 Å². The third-order valence-corrected chi connectivity index (χ3v) is 6.63. The number of methoxy groups -OCH3 is 3. The van der Waals surface area contributed by atoms with E-state index in [0.29, 0.717) is 19.6 Å². The molecule has 8 nitrogen and oxygen atoms in total. The maximum Gasteiger partial charge on any atom is 0.320 e. The molecule has 30 heavy (non-hydrogen) atoms. The summed E-state index contributed by atoms with van der Waals surface area (Å²) < 4.78 is 34.1. The van der Waals surface area contributed by atoms with Crippen LogP contribution in [0.4, 0.5) is 0 Å². The molecule has 0 aromatic heterocycles. The Bertz CT molecular complexity index is 627. The van der Waals surface area contributed by atoms with Gasteiger partial charge in [-0.2, -0.15) is 0 Å². The molecule has 172 valence electrons. The van der Waals surface area contributed by atoms with Crippen molar-refractivity contribution in [3.8, 4) is 0 Å². The number of nitrogens with one attached hydrogen (secondary N) is 1.